The van der Waals surface area contributed by atoms with E-state index in [9.17, 15) is 5.11 Å². The van der Waals surface area contributed by atoms with Crippen LogP contribution in [-0.4, -0.2) is 5.11 Å². The summed E-state index contributed by atoms with van der Waals surface area (Å²) < 4.78 is 0. The van der Waals surface area contributed by atoms with E-state index in [0.717, 1.165) is 12.0 Å². The fourth-order valence-electron chi connectivity index (χ4n) is 3.01. The lowest BCUT2D eigenvalue weighted by atomic mass is 9.78. The lowest BCUT2D eigenvalue weighted by molar-refractivity contribution is 0.160. The molecule has 0 heterocycles. The van der Waals surface area contributed by atoms with Crippen molar-refractivity contribution >= 4 is 5.57 Å². The second-order valence-electron chi connectivity index (χ2n) is 5.51. The van der Waals surface area contributed by atoms with Crippen LogP contribution in [-0.2, 0) is 0 Å². The molecule has 2 aromatic rings. The van der Waals surface area contributed by atoms with E-state index in [1.54, 1.807) is 0 Å². The molecule has 1 N–H and O–H groups in total. The van der Waals surface area contributed by atoms with Gasteiger partial charge in [0.05, 0.1) is 6.10 Å². The first-order valence-corrected chi connectivity index (χ1v) is 7.25. The van der Waals surface area contributed by atoms with Gasteiger partial charge in [0.25, 0.3) is 0 Å². The minimum absolute atomic E-state index is 0.0560. The Bertz CT molecular complexity index is 637. The molecule has 1 aliphatic rings. The van der Waals surface area contributed by atoms with E-state index in [1.165, 1.54) is 22.3 Å². The van der Waals surface area contributed by atoms with Crippen molar-refractivity contribution in [3.05, 3.63) is 76.9 Å². The zero-order valence-electron chi connectivity index (χ0n) is 12.0. The van der Waals surface area contributed by atoms with Gasteiger partial charge in [-0.2, -0.15) is 0 Å². The first-order valence-electron chi connectivity index (χ1n) is 7.25. The van der Waals surface area contributed by atoms with Crippen molar-refractivity contribution in [2.24, 2.45) is 0 Å². The number of fused-ring (bicyclic) bond motifs is 1. The van der Waals surface area contributed by atoms with Gasteiger partial charge in [-0.05, 0) is 35.6 Å². The van der Waals surface area contributed by atoms with E-state index < -0.39 is 6.10 Å². The molecule has 3 rings (SSSR count). The molecule has 0 radical (unpaired) electrons. The van der Waals surface area contributed by atoms with Gasteiger partial charge in [0.15, 0.2) is 0 Å². The molecule has 102 valence electrons. The third kappa shape index (κ3) is 2.19. The fourth-order valence-corrected chi connectivity index (χ4v) is 3.01. The molecule has 1 nitrogen and oxygen atoms in total. The normalized spacial score (nSPS) is 21.2. The number of benzene rings is 2. The fraction of sp³-hybridized carbons (Fsp3) is 0.263. The standard InChI is InChI=1S/C19H20O/c1-3-14-12-18(15-10-8-13(2)9-11-15)19(20)17-7-5-4-6-16(14)17/h4-12,18-20H,3H2,1-2H3/t18-,19-/m1/s1. The molecule has 1 aliphatic carbocycles. The van der Waals surface area contributed by atoms with Gasteiger partial charge in [-0.25, -0.2) is 0 Å². The molecule has 0 saturated heterocycles. The first kappa shape index (κ1) is 13.1. The lowest BCUT2D eigenvalue weighted by Crippen LogP contribution is -2.15. The van der Waals surface area contributed by atoms with Crippen LogP contribution in [0.3, 0.4) is 0 Å². The second kappa shape index (κ2) is 5.26. The molecule has 1 heteroatoms. The Morgan fingerprint density at radius 3 is 2.40 bits per heavy atom. The van der Waals surface area contributed by atoms with E-state index in [0.29, 0.717) is 0 Å². The minimum Gasteiger partial charge on any atom is -0.387 e. The third-order valence-electron chi connectivity index (χ3n) is 4.19. The minimum atomic E-state index is -0.454. The summed E-state index contributed by atoms with van der Waals surface area (Å²) >= 11 is 0. The first-order chi connectivity index (χ1) is 9.70. The van der Waals surface area contributed by atoms with Crippen molar-refractivity contribution in [1.29, 1.82) is 0 Å². The van der Waals surface area contributed by atoms with Crippen LogP contribution in [0.2, 0.25) is 0 Å². The van der Waals surface area contributed by atoms with Gasteiger partial charge in [-0.3, -0.25) is 0 Å². The van der Waals surface area contributed by atoms with Crippen molar-refractivity contribution in [3.63, 3.8) is 0 Å². The summed E-state index contributed by atoms with van der Waals surface area (Å²) in [6, 6.07) is 16.7. The Morgan fingerprint density at radius 1 is 1.00 bits per heavy atom. The third-order valence-corrected chi connectivity index (χ3v) is 4.19. The summed E-state index contributed by atoms with van der Waals surface area (Å²) in [6.45, 7) is 4.26. The van der Waals surface area contributed by atoms with Gasteiger partial charge >= 0.3 is 0 Å². The topological polar surface area (TPSA) is 20.2 Å². The van der Waals surface area contributed by atoms with Crippen molar-refractivity contribution in [2.75, 3.05) is 0 Å². The van der Waals surface area contributed by atoms with E-state index in [2.05, 4.69) is 50.3 Å². The Kier molecular flexibility index (Phi) is 3.45. The molecular weight excluding hydrogens is 244 g/mol. The summed E-state index contributed by atoms with van der Waals surface area (Å²) in [6.07, 6.45) is 2.77. The molecule has 2 aromatic carbocycles. The SMILES string of the molecule is CCC1=C[C@H](c2ccc(C)cc2)[C@H](O)c2ccccc21. The Balaban J connectivity index is 2.08. The van der Waals surface area contributed by atoms with Crippen LogP contribution in [0.1, 0.15) is 47.6 Å². The van der Waals surface area contributed by atoms with Crippen molar-refractivity contribution in [2.45, 2.75) is 32.3 Å². The highest BCUT2D eigenvalue weighted by Gasteiger charge is 2.28. The Hall–Kier alpha value is -1.86. The van der Waals surface area contributed by atoms with Gasteiger partial charge in [0.2, 0.25) is 0 Å². The van der Waals surface area contributed by atoms with E-state index in [-0.39, 0.29) is 5.92 Å². The number of hydrogen-bond donors (Lipinski definition) is 1. The molecule has 0 bridgehead atoms. The summed E-state index contributed by atoms with van der Waals surface area (Å²) in [5, 5.41) is 10.7. The zero-order valence-corrected chi connectivity index (χ0v) is 12.0. The van der Waals surface area contributed by atoms with E-state index in [4.69, 9.17) is 0 Å². The highest BCUT2D eigenvalue weighted by atomic mass is 16.3. The molecule has 0 amide bonds. The quantitative estimate of drug-likeness (QED) is 0.839. The van der Waals surface area contributed by atoms with Crippen molar-refractivity contribution in [3.8, 4) is 0 Å². The number of allylic oxidation sites excluding steroid dienone is 1. The van der Waals surface area contributed by atoms with Crippen molar-refractivity contribution < 1.29 is 5.11 Å². The molecule has 0 fully saturated rings. The van der Waals surface area contributed by atoms with Gasteiger partial charge in [0, 0.05) is 5.92 Å². The number of aryl methyl sites for hydroxylation is 1. The van der Waals surface area contributed by atoms with Crippen LogP contribution in [0, 0.1) is 6.92 Å². The number of aliphatic hydroxyl groups is 1. The van der Waals surface area contributed by atoms with Gasteiger partial charge < -0.3 is 5.11 Å². The lowest BCUT2D eigenvalue weighted by Gasteiger charge is -2.29. The second-order valence-corrected chi connectivity index (χ2v) is 5.51. The smallest absolute Gasteiger partial charge is 0.0899 e. The Labute approximate surface area is 120 Å². The number of hydrogen-bond acceptors (Lipinski definition) is 1. The van der Waals surface area contributed by atoms with E-state index >= 15 is 0 Å². The summed E-state index contributed by atoms with van der Waals surface area (Å²) in [5.41, 5.74) is 6.02. The van der Waals surface area contributed by atoms with Crippen LogP contribution in [0.25, 0.3) is 5.57 Å². The molecule has 20 heavy (non-hydrogen) atoms. The average molecular weight is 264 g/mol. The average Bonchev–Trinajstić information content (AvgIpc) is 2.49. The highest BCUT2D eigenvalue weighted by molar-refractivity contribution is 5.72. The maximum atomic E-state index is 10.7. The van der Waals surface area contributed by atoms with Gasteiger partial charge in [-0.1, -0.05) is 67.1 Å². The summed E-state index contributed by atoms with van der Waals surface area (Å²) in [5.74, 6) is 0.0560. The molecular formula is C19H20O. The van der Waals surface area contributed by atoms with Crippen LogP contribution in [0.5, 0.6) is 0 Å². The van der Waals surface area contributed by atoms with Gasteiger partial charge in [-0.15, -0.1) is 0 Å². The van der Waals surface area contributed by atoms with Gasteiger partial charge in [0.1, 0.15) is 0 Å². The molecule has 0 aliphatic heterocycles. The molecule has 2 atom stereocenters. The van der Waals surface area contributed by atoms with Crippen LogP contribution >= 0.6 is 0 Å². The summed E-state index contributed by atoms with van der Waals surface area (Å²) in [4.78, 5) is 0. The maximum absolute atomic E-state index is 10.7. The monoisotopic (exact) mass is 264 g/mol. The largest absolute Gasteiger partial charge is 0.387 e. The Morgan fingerprint density at radius 2 is 1.70 bits per heavy atom. The molecule has 0 saturated carbocycles. The van der Waals surface area contributed by atoms with Crippen LogP contribution in [0.15, 0.2) is 54.6 Å². The zero-order chi connectivity index (χ0) is 14.1. The van der Waals surface area contributed by atoms with Crippen molar-refractivity contribution in [1.82, 2.24) is 0 Å². The van der Waals surface area contributed by atoms with E-state index in [1.807, 2.05) is 18.2 Å². The molecule has 0 spiro atoms. The molecule has 0 unspecified atom stereocenters. The maximum Gasteiger partial charge on any atom is 0.0899 e. The summed E-state index contributed by atoms with van der Waals surface area (Å²) in [7, 11) is 0. The van der Waals surface area contributed by atoms with Crippen LogP contribution < -0.4 is 0 Å². The predicted molar refractivity (Wildman–Crippen MR) is 83.6 cm³/mol. The predicted octanol–water partition coefficient (Wildman–Crippen LogP) is 4.62. The molecule has 0 aromatic heterocycles. The highest BCUT2D eigenvalue weighted by Crippen LogP contribution is 2.42. The number of aliphatic hydroxyl groups excluding tert-OH is 1. The van der Waals surface area contributed by atoms with Crippen LogP contribution in [0.4, 0.5) is 0 Å². The number of rotatable bonds is 2.